The van der Waals surface area contributed by atoms with Crippen LogP contribution in [0.15, 0.2) is 51.8 Å². The third-order valence-corrected chi connectivity index (χ3v) is 7.94. The highest BCUT2D eigenvalue weighted by Gasteiger charge is 2.34. The first-order chi connectivity index (χ1) is 14.2. The summed E-state index contributed by atoms with van der Waals surface area (Å²) in [5.41, 5.74) is 1.88. The number of rotatable bonds is 6. The first-order valence-corrected chi connectivity index (χ1v) is 12.2. The summed E-state index contributed by atoms with van der Waals surface area (Å²) in [5.74, 6) is 0.105. The Morgan fingerprint density at radius 1 is 1.17 bits per heavy atom. The van der Waals surface area contributed by atoms with Crippen LogP contribution in [0.1, 0.15) is 36.9 Å². The molecule has 1 N–H and O–H groups in total. The highest BCUT2D eigenvalue weighted by Crippen LogP contribution is 2.30. The van der Waals surface area contributed by atoms with Gasteiger partial charge in [-0.25, -0.2) is 8.42 Å². The fourth-order valence-corrected chi connectivity index (χ4v) is 5.62. The minimum absolute atomic E-state index is 0.0318. The van der Waals surface area contributed by atoms with E-state index in [0.717, 1.165) is 15.6 Å². The topological polar surface area (TPSA) is 75.7 Å². The molecule has 2 aromatic carbocycles. The van der Waals surface area contributed by atoms with Gasteiger partial charge >= 0.3 is 0 Å². The van der Waals surface area contributed by atoms with Gasteiger partial charge < -0.3 is 10.1 Å². The predicted molar refractivity (Wildman–Crippen MR) is 120 cm³/mol. The molecule has 0 saturated carbocycles. The molecular formula is C22H27BrN2O4S. The summed E-state index contributed by atoms with van der Waals surface area (Å²) in [6.07, 6.45) is 0.985. The Morgan fingerprint density at radius 2 is 1.80 bits per heavy atom. The number of halogens is 1. The standard InChI is InChI=1S/C22H27BrN2O4S/c1-15-4-9-20(29-3)21(14-15)30(27,28)25-12-10-18(11-13-25)22(26)24-16(2)17-5-7-19(23)8-6-17/h4-9,14,16,18H,10-13H2,1-3H3,(H,24,26)/t16-/m0/s1. The number of methoxy groups -OCH3 is 1. The summed E-state index contributed by atoms with van der Waals surface area (Å²) in [6.45, 7) is 4.42. The third-order valence-electron chi connectivity index (χ3n) is 5.49. The monoisotopic (exact) mass is 494 g/mol. The molecule has 1 aliphatic heterocycles. The number of carbonyl (C=O) groups excluding carboxylic acids is 1. The molecule has 8 heteroatoms. The SMILES string of the molecule is COc1ccc(C)cc1S(=O)(=O)N1CCC(C(=O)N[C@@H](C)c2ccc(Br)cc2)CC1. The van der Waals surface area contributed by atoms with Gasteiger partial charge in [0.1, 0.15) is 10.6 Å². The van der Waals surface area contributed by atoms with Crippen molar-refractivity contribution in [2.75, 3.05) is 20.2 Å². The zero-order chi connectivity index (χ0) is 21.9. The van der Waals surface area contributed by atoms with Crippen molar-refractivity contribution in [2.45, 2.75) is 37.6 Å². The number of benzene rings is 2. The van der Waals surface area contributed by atoms with Crippen LogP contribution in [-0.2, 0) is 14.8 Å². The van der Waals surface area contributed by atoms with Crippen molar-refractivity contribution in [1.29, 1.82) is 0 Å². The predicted octanol–water partition coefficient (Wildman–Crippen LogP) is 4.04. The van der Waals surface area contributed by atoms with E-state index in [9.17, 15) is 13.2 Å². The second-order valence-electron chi connectivity index (χ2n) is 7.61. The molecule has 0 aromatic heterocycles. The fourth-order valence-electron chi connectivity index (χ4n) is 3.65. The molecule has 1 atom stereocenters. The van der Waals surface area contributed by atoms with Gasteiger partial charge in [0, 0.05) is 23.5 Å². The number of nitrogens with one attached hydrogen (secondary N) is 1. The summed E-state index contributed by atoms with van der Waals surface area (Å²) < 4.78 is 34.0. The Morgan fingerprint density at radius 3 is 2.40 bits per heavy atom. The molecule has 2 aromatic rings. The number of hydrogen-bond donors (Lipinski definition) is 1. The van der Waals surface area contributed by atoms with Crippen molar-refractivity contribution >= 4 is 31.9 Å². The molecule has 1 heterocycles. The van der Waals surface area contributed by atoms with Gasteiger partial charge in [-0.2, -0.15) is 4.31 Å². The van der Waals surface area contributed by atoms with Crippen molar-refractivity contribution < 1.29 is 17.9 Å². The molecule has 30 heavy (non-hydrogen) atoms. The highest BCUT2D eigenvalue weighted by atomic mass is 79.9. The van der Waals surface area contributed by atoms with E-state index in [-0.39, 0.29) is 22.8 Å². The molecule has 0 spiro atoms. The lowest BCUT2D eigenvalue weighted by Gasteiger charge is -2.31. The minimum Gasteiger partial charge on any atom is -0.495 e. The Hall–Kier alpha value is -1.90. The number of nitrogens with zero attached hydrogens (tertiary/aromatic N) is 1. The Kier molecular flexibility index (Phi) is 7.21. The van der Waals surface area contributed by atoms with Gasteiger partial charge in [-0.1, -0.05) is 34.1 Å². The van der Waals surface area contributed by atoms with Crippen molar-refractivity contribution in [1.82, 2.24) is 9.62 Å². The average Bonchev–Trinajstić information content (AvgIpc) is 2.74. The second kappa shape index (κ2) is 9.49. The van der Waals surface area contributed by atoms with Crippen molar-refractivity contribution in [3.8, 4) is 5.75 Å². The van der Waals surface area contributed by atoms with Crippen LogP contribution in [0.2, 0.25) is 0 Å². The average molecular weight is 495 g/mol. The van der Waals surface area contributed by atoms with E-state index in [1.54, 1.807) is 12.1 Å². The zero-order valence-corrected chi connectivity index (χ0v) is 19.8. The number of amides is 1. The molecule has 162 valence electrons. The maximum absolute atomic E-state index is 13.1. The van der Waals surface area contributed by atoms with Gasteiger partial charge in [0.25, 0.3) is 0 Å². The maximum atomic E-state index is 13.1. The van der Waals surface area contributed by atoms with Gasteiger partial charge in [-0.05, 0) is 62.1 Å². The van der Waals surface area contributed by atoms with Crippen LogP contribution in [0.3, 0.4) is 0 Å². The molecule has 1 aliphatic rings. The molecule has 3 rings (SSSR count). The molecule has 1 fully saturated rings. The first-order valence-electron chi connectivity index (χ1n) is 9.93. The lowest BCUT2D eigenvalue weighted by Crippen LogP contribution is -2.43. The highest BCUT2D eigenvalue weighted by molar-refractivity contribution is 9.10. The Balaban J connectivity index is 1.63. The van der Waals surface area contributed by atoms with Gasteiger partial charge in [0.2, 0.25) is 15.9 Å². The second-order valence-corrected chi connectivity index (χ2v) is 10.4. The minimum atomic E-state index is -3.67. The van der Waals surface area contributed by atoms with E-state index >= 15 is 0 Å². The molecule has 1 amide bonds. The van der Waals surface area contributed by atoms with Gasteiger partial charge in [-0.15, -0.1) is 0 Å². The van der Waals surface area contributed by atoms with Crippen LogP contribution >= 0.6 is 15.9 Å². The number of piperidine rings is 1. The summed E-state index contributed by atoms with van der Waals surface area (Å²) >= 11 is 3.41. The number of aryl methyl sites for hydroxylation is 1. The van der Waals surface area contributed by atoms with Crippen LogP contribution < -0.4 is 10.1 Å². The Labute approximate surface area is 186 Å². The van der Waals surface area contributed by atoms with Gasteiger partial charge in [0.15, 0.2) is 0 Å². The van der Waals surface area contributed by atoms with Gasteiger partial charge in [-0.3, -0.25) is 4.79 Å². The third kappa shape index (κ3) is 5.04. The van der Waals surface area contributed by atoms with E-state index < -0.39 is 10.0 Å². The molecule has 1 saturated heterocycles. The lowest BCUT2D eigenvalue weighted by atomic mass is 9.96. The number of sulfonamides is 1. The molecule has 0 aliphatic carbocycles. The lowest BCUT2D eigenvalue weighted by molar-refractivity contribution is -0.126. The van der Waals surface area contributed by atoms with Crippen LogP contribution in [-0.4, -0.2) is 38.8 Å². The van der Waals surface area contributed by atoms with E-state index in [0.29, 0.717) is 31.7 Å². The number of ether oxygens (including phenoxy) is 1. The van der Waals surface area contributed by atoms with Crippen LogP contribution in [0, 0.1) is 12.8 Å². The van der Waals surface area contributed by atoms with Crippen LogP contribution in [0.4, 0.5) is 0 Å². The molecular weight excluding hydrogens is 468 g/mol. The van der Waals surface area contributed by atoms with Crippen LogP contribution in [0.5, 0.6) is 5.75 Å². The Bertz CT molecular complexity index is 1000. The van der Waals surface area contributed by atoms with Gasteiger partial charge in [0.05, 0.1) is 13.2 Å². The number of hydrogen-bond acceptors (Lipinski definition) is 4. The van der Waals surface area contributed by atoms with Crippen molar-refractivity contribution in [3.05, 3.63) is 58.1 Å². The quantitative estimate of drug-likeness (QED) is 0.657. The molecule has 0 bridgehead atoms. The van der Waals surface area contributed by atoms with Crippen molar-refractivity contribution in [3.63, 3.8) is 0 Å². The van der Waals surface area contributed by atoms with E-state index in [4.69, 9.17) is 4.74 Å². The van der Waals surface area contributed by atoms with Crippen LogP contribution in [0.25, 0.3) is 0 Å². The van der Waals surface area contributed by atoms with E-state index in [1.807, 2.05) is 44.2 Å². The summed E-state index contributed by atoms with van der Waals surface area (Å²) in [7, 11) is -2.21. The first kappa shape index (κ1) is 22.8. The summed E-state index contributed by atoms with van der Waals surface area (Å²) in [4.78, 5) is 12.9. The zero-order valence-electron chi connectivity index (χ0n) is 17.4. The maximum Gasteiger partial charge on any atom is 0.246 e. The normalized spacial score (nSPS) is 16.8. The summed E-state index contributed by atoms with van der Waals surface area (Å²) in [6, 6.07) is 12.9. The van der Waals surface area contributed by atoms with E-state index in [2.05, 4.69) is 21.2 Å². The molecule has 6 nitrogen and oxygen atoms in total. The fraction of sp³-hybridized carbons (Fsp3) is 0.409. The molecule has 0 radical (unpaired) electrons. The largest absolute Gasteiger partial charge is 0.495 e. The molecule has 0 unspecified atom stereocenters. The van der Waals surface area contributed by atoms with E-state index in [1.165, 1.54) is 11.4 Å². The van der Waals surface area contributed by atoms with Crippen molar-refractivity contribution in [2.24, 2.45) is 5.92 Å². The summed E-state index contributed by atoms with van der Waals surface area (Å²) in [5, 5.41) is 3.05. The smallest absolute Gasteiger partial charge is 0.246 e. The number of carbonyl (C=O) groups is 1.